The summed E-state index contributed by atoms with van der Waals surface area (Å²) < 4.78 is 1.66. The molecule has 0 amide bonds. The summed E-state index contributed by atoms with van der Waals surface area (Å²) in [5.41, 5.74) is 4.09. The van der Waals surface area contributed by atoms with Crippen LogP contribution in [0.4, 0.5) is 0 Å². The van der Waals surface area contributed by atoms with E-state index in [0.717, 1.165) is 20.1 Å². The number of nitrogens with two attached hydrogens (primary N) is 1. The lowest BCUT2D eigenvalue weighted by Gasteiger charge is -2.57. The first-order chi connectivity index (χ1) is 15.8. The van der Waals surface area contributed by atoms with Crippen LogP contribution in [0.2, 0.25) is 0 Å². The number of hydrogen-bond donors (Lipinski definition) is 2. The zero-order chi connectivity index (χ0) is 24.0. The molecule has 3 aliphatic carbocycles. The maximum atomic E-state index is 10.5. The summed E-state index contributed by atoms with van der Waals surface area (Å²) in [6.45, 7) is 0. The Hall–Kier alpha value is -3.43. The number of allylic oxidation sites excluding steroid dienone is 2. The molecule has 2 bridgehead atoms. The van der Waals surface area contributed by atoms with Gasteiger partial charge in [-0.25, -0.2) is 0 Å². The van der Waals surface area contributed by atoms with E-state index in [4.69, 9.17) is 11.1 Å². The maximum absolute atomic E-state index is 10.5. The molecule has 5 rings (SSSR count). The minimum absolute atomic E-state index is 0.0186. The zero-order valence-corrected chi connectivity index (χ0v) is 20.4. The second kappa shape index (κ2) is 8.17. The monoisotopic (exact) mass is 558 g/mol. The van der Waals surface area contributed by atoms with Gasteiger partial charge in [-0.2, -0.15) is 21.0 Å². The largest absolute Gasteiger partial charge is 0.400 e. The van der Waals surface area contributed by atoms with Crippen LogP contribution >= 0.6 is 31.9 Å². The van der Waals surface area contributed by atoms with Gasteiger partial charge in [-0.05, 0) is 47.7 Å². The van der Waals surface area contributed by atoms with Gasteiger partial charge in [-0.15, -0.1) is 0 Å². The number of nitriles is 4. The van der Waals surface area contributed by atoms with Gasteiger partial charge in [0.25, 0.3) is 0 Å². The molecule has 160 valence electrons. The summed E-state index contributed by atoms with van der Waals surface area (Å²) in [4.78, 5) is 0. The van der Waals surface area contributed by atoms with Gasteiger partial charge >= 0.3 is 0 Å². The molecular formula is C25H16Br2N6. The van der Waals surface area contributed by atoms with Crippen molar-refractivity contribution in [1.82, 2.24) is 0 Å². The summed E-state index contributed by atoms with van der Waals surface area (Å²) in [7, 11) is 0. The molecule has 6 nitrogen and oxygen atoms in total. The second-order valence-electron chi connectivity index (χ2n) is 8.26. The highest BCUT2D eigenvalue weighted by molar-refractivity contribution is 9.10. The SMILES string of the molecule is N#CC1=C(N)C2(C#N)C(=N)C(C#N)(C#N)C1C(c1cccc(Br)c1)C2Cc1cccc(Br)c1. The van der Waals surface area contributed by atoms with E-state index in [-0.39, 0.29) is 17.0 Å². The molecular weight excluding hydrogens is 544 g/mol. The van der Waals surface area contributed by atoms with E-state index in [1.807, 2.05) is 60.7 Å². The molecule has 0 saturated heterocycles. The summed E-state index contributed by atoms with van der Waals surface area (Å²) in [5.74, 6) is -2.08. The highest BCUT2D eigenvalue weighted by Crippen LogP contribution is 2.65. The predicted octanol–water partition coefficient (Wildman–Crippen LogP) is 5.10. The fraction of sp³-hybridized carbons (Fsp3) is 0.240. The Morgan fingerprint density at radius 2 is 1.58 bits per heavy atom. The van der Waals surface area contributed by atoms with Crippen molar-refractivity contribution in [3.8, 4) is 24.3 Å². The van der Waals surface area contributed by atoms with Gasteiger partial charge in [0.05, 0.1) is 35.6 Å². The highest BCUT2D eigenvalue weighted by Gasteiger charge is 2.71. The Bertz CT molecular complexity index is 1370. The van der Waals surface area contributed by atoms with Gasteiger partial charge in [0, 0.05) is 26.5 Å². The van der Waals surface area contributed by atoms with Crippen molar-refractivity contribution in [3.63, 3.8) is 0 Å². The van der Waals surface area contributed by atoms with Crippen molar-refractivity contribution >= 4 is 37.6 Å². The smallest absolute Gasteiger partial charge is 0.190 e. The standard InChI is InChI=1S/C25H16Br2N6/c26-16-5-1-3-14(7-16)8-19-20(15-4-2-6-17(27)9-15)21-18(10-28)22(32)25(19,13-31)23(33)24(21,11-29)12-30/h1-7,9,19-21,33H,8,32H2. The zero-order valence-electron chi connectivity index (χ0n) is 17.2. The van der Waals surface area contributed by atoms with Crippen LogP contribution in [0, 0.1) is 73.4 Å². The normalized spacial score (nSPS) is 27.2. The van der Waals surface area contributed by atoms with Crippen molar-refractivity contribution < 1.29 is 0 Å². The Balaban J connectivity index is 2.09. The number of fused-ring (bicyclic) bond motifs is 2. The number of benzene rings is 2. The van der Waals surface area contributed by atoms with Gasteiger partial charge in [0.1, 0.15) is 5.41 Å². The topological polar surface area (TPSA) is 145 Å². The van der Waals surface area contributed by atoms with Crippen LogP contribution in [-0.2, 0) is 6.42 Å². The third-order valence-corrected chi connectivity index (χ3v) is 7.84. The molecule has 33 heavy (non-hydrogen) atoms. The summed E-state index contributed by atoms with van der Waals surface area (Å²) in [6.07, 6.45) is 0.370. The van der Waals surface area contributed by atoms with Gasteiger partial charge in [-0.1, -0.05) is 56.1 Å². The number of nitrogens with zero attached hydrogens (tertiary/aromatic N) is 4. The predicted molar refractivity (Wildman–Crippen MR) is 128 cm³/mol. The van der Waals surface area contributed by atoms with Crippen LogP contribution in [0.5, 0.6) is 0 Å². The van der Waals surface area contributed by atoms with Crippen LogP contribution in [-0.4, -0.2) is 5.71 Å². The van der Waals surface area contributed by atoms with Gasteiger partial charge in [0.15, 0.2) is 5.41 Å². The Morgan fingerprint density at radius 3 is 2.12 bits per heavy atom. The van der Waals surface area contributed by atoms with E-state index in [9.17, 15) is 21.0 Å². The van der Waals surface area contributed by atoms with E-state index >= 15 is 0 Å². The van der Waals surface area contributed by atoms with Crippen LogP contribution in [0.25, 0.3) is 0 Å². The van der Waals surface area contributed by atoms with Crippen LogP contribution in [0.3, 0.4) is 0 Å². The molecule has 0 spiro atoms. The minimum Gasteiger partial charge on any atom is -0.400 e. The molecule has 3 aliphatic rings. The summed E-state index contributed by atoms with van der Waals surface area (Å²) in [5, 5.41) is 49.8. The molecule has 0 aliphatic heterocycles. The van der Waals surface area contributed by atoms with Crippen molar-refractivity contribution in [2.24, 2.45) is 28.4 Å². The average Bonchev–Trinajstić information content (AvgIpc) is 2.80. The molecule has 0 aromatic heterocycles. The van der Waals surface area contributed by atoms with Crippen molar-refractivity contribution in [1.29, 1.82) is 26.5 Å². The van der Waals surface area contributed by atoms with E-state index in [0.29, 0.717) is 6.42 Å². The molecule has 2 aromatic carbocycles. The molecule has 1 saturated carbocycles. The second-order valence-corrected chi connectivity index (χ2v) is 10.1. The molecule has 4 atom stereocenters. The van der Waals surface area contributed by atoms with Crippen LogP contribution < -0.4 is 5.73 Å². The quantitative estimate of drug-likeness (QED) is 0.537. The Kier molecular flexibility index (Phi) is 5.63. The number of halogens is 2. The fourth-order valence-electron chi connectivity index (χ4n) is 5.47. The van der Waals surface area contributed by atoms with Gasteiger partial charge in [0.2, 0.25) is 0 Å². The van der Waals surface area contributed by atoms with Crippen molar-refractivity contribution in [2.45, 2.75) is 12.3 Å². The molecule has 0 radical (unpaired) electrons. The van der Waals surface area contributed by atoms with E-state index in [1.165, 1.54) is 0 Å². The number of rotatable bonds is 3. The maximum Gasteiger partial charge on any atom is 0.190 e. The van der Waals surface area contributed by atoms with E-state index in [1.54, 1.807) is 0 Å². The van der Waals surface area contributed by atoms with Crippen molar-refractivity contribution in [2.75, 3.05) is 0 Å². The lowest BCUT2D eigenvalue weighted by atomic mass is 9.40. The first-order valence-electron chi connectivity index (χ1n) is 10.0. The number of nitrogens with one attached hydrogen (secondary N) is 1. The fourth-order valence-corrected chi connectivity index (χ4v) is 6.34. The lowest BCUT2D eigenvalue weighted by molar-refractivity contribution is 0.156. The molecule has 4 unspecified atom stereocenters. The first kappa shape index (κ1) is 22.8. The molecule has 3 N–H and O–H groups in total. The van der Waals surface area contributed by atoms with E-state index in [2.05, 4.69) is 44.0 Å². The lowest BCUT2D eigenvalue weighted by Crippen LogP contribution is -2.64. The molecule has 8 heteroatoms. The third-order valence-electron chi connectivity index (χ3n) is 6.86. The summed E-state index contributed by atoms with van der Waals surface area (Å²) in [6, 6.07) is 23.4. The molecule has 0 heterocycles. The molecule has 2 aromatic rings. The number of hydrogen-bond acceptors (Lipinski definition) is 6. The summed E-state index contributed by atoms with van der Waals surface area (Å²) >= 11 is 6.96. The van der Waals surface area contributed by atoms with Crippen molar-refractivity contribution in [3.05, 3.63) is 79.9 Å². The Morgan fingerprint density at radius 1 is 0.939 bits per heavy atom. The van der Waals surface area contributed by atoms with Gasteiger partial charge < -0.3 is 11.1 Å². The van der Waals surface area contributed by atoms with E-state index < -0.39 is 28.6 Å². The van der Waals surface area contributed by atoms with Gasteiger partial charge in [-0.3, -0.25) is 0 Å². The third kappa shape index (κ3) is 3.03. The Labute approximate surface area is 208 Å². The highest BCUT2D eigenvalue weighted by atomic mass is 79.9. The first-order valence-corrected chi connectivity index (χ1v) is 11.6. The minimum atomic E-state index is -1.97. The molecule has 1 fully saturated rings. The van der Waals surface area contributed by atoms with Crippen LogP contribution in [0.15, 0.2) is 68.7 Å². The average molecular weight is 560 g/mol. The van der Waals surface area contributed by atoms with Crippen LogP contribution in [0.1, 0.15) is 17.0 Å².